The van der Waals surface area contributed by atoms with Crippen molar-refractivity contribution in [2.75, 3.05) is 26.4 Å². The van der Waals surface area contributed by atoms with Crippen molar-refractivity contribution in [1.82, 2.24) is 5.43 Å². The predicted molar refractivity (Wildman–Crippen MR) is 127 cm³/mol. The smallest absolute Gasteiger partial charge is 0.271 e. The van der Waals surface area contributed by atoms with Crippen LogP contribution in [-0.2, 0) is 0 Å². The summed E-state index contributed by atoms with van der Waals surface area (Å²) in [6.45, 7) is 12.5. The van der Waals surface area contributed by atoms with E-state index in [9.17, 15) is 4.79 Å². The first-order chi connectivity index (χ1) is 15.5. The summed E-state index contributed by atoms with van der Waals surface area (Å²) in [5, 5.41) is 4.38. The van der Waals surface area contributed by atoms with E-state index in [2.05, 4.69) is 23.7 Å². The molecule has 0 aliphatic heterocycles. The van der Waals surface area contributed by atoms with Crippen LogP contribution in [0.25, 0.3) is 0 Å². The van der Waals surface area contributed by atoms with Gasteiger partial charge in [-0.2, -0.15) is 5.10 Å². The lowest BCUT2D eigenvalue weighted by Crippen LogP contribution is -2.17. The van der Waals surface area contributed by atoms with Gasteiger partial charge in [0.2, 0.25) is 0 Å². The first-order valence-electron chi connectivity index (χ1n) is 10.1. The van der Waals surface area contributed by atoms with Crippen LogP contribution in [0.1, 0.15) is 29.8 Å². The zero-order valence-corrected chi connectivity index (χ0v) is 19.0. The first kappa shape index (κ1) is 24.8. The highest BCUT2D eigenvalue weighted by molar-refractivity contribution is 6.32. The maximum atomic E-state index is 12.5. The Morgan fingerprint density at radius 2 is 1.66 bits per heavy atom. The molecule has 0 heterocycles. The van der Waals surface area contributed by atoms with Gasteiger partial charge in [0.1, 0.15) is 13.2 Å². The van der Waals surface area contributed by atoms with Crippen molar-refractivity contribution in [2.24, 2.45) is 5.10 Å². The number of halogens is 1. The molecule has 32 heavy (non-hydrogen) atoms. The third-order valence-electron chi connectivity index (χ3n) is 3.92. The first-order valence-corrected chi connectivity index (χ1v) is 10.5. The normalized spacial score (nSPS) is 10.5. The second kappa shape index (κ2) is 13.1. The molecule has 0 aliphatic carbocycles. The van der Waals surface area contributed by atoms with E-state index in [1.165, 1.54) is 6.21 Å². The molecule has 0 aliphatic rings. The molecule has 1 N–H and O–H groups in total. The number of nitrogens with one attached hydrogen (secondary N) is 1. The fourth-order valence-corrected chi connectivity index (χ4v) is 2.90. The second-order valence-electron chi connectivity index (χ2n) is 6.26. The highest BCUT2D eigenvalue weighted by atomic mass is 35.5. The fourth-order valence-electron chi connectivity index (χ4n) is 2.62. The molecule has 170 valence electrons. The SMILES string of the molecule is C=CCOc1ccc(C(=O)N/N=C/c2cc(Cl)c(OCC=C)c(OCC)c2)cc1OCC. The summed E-state index contributed by atoms with van der Waals surface area (Å²) in [6.07, 6.45) is 4.72. The lowest BCUT2D eigenvalue weighted by Gasteiger charge is -2.13. The van der Waals surface area contributed by atoms with Crippen LogP contribution >= 0.6 is 11.6 Å². The number of carbonyl (C=O) groups is 1. The maximum absolute atomic E-state index is 12.5. The predicted octanol–water partition coefficient (Wildman–Crippen LogP) is 5.03. The van der Waals surface area contributed by atoms with Crippen molar-refractivity contribution in [3.63, 3.8) is 0 Å². The fraction of sp³-hybridized carbons (Fsp3) is 0.250. The Balaban J connectivity index is 2.14. The van der Waals surface area contributed by atoms with Crippen LogP contribution in [0, 0.1) is 0 Å². The summed E-state index contributed by atoms with van der Waals surface area (Å²) in [6, 6.07) is 8.28. The Morgan fingerprint density at radius 3 is 2.34 bits per heavy atom. The van der Waals surface area contributed by atoms with Gasteiger partial charge in [-0.15, -0.1) is 0 Å². The summed E-state index contributed by atoms with van der Waals surface area (Å²) in [5.41, 5.74) is 3.49. The van der Waals surface area contributed by atoms with E-state index in [-0.39, 0.29) is 0 Å². The topological polar surface area (TPSA) is 78.4 Å². The molecule has 0 unspecified atom stereocenters. The van der Waals surface area contributed by atoms with E-state index in [4.69, 9.17) is 30.5 Å². The molecule has 0 aromatic heterocycles. The summed E-state index contributed by atoms with van der Waals surface area (Å²) in [5.74, 6) is 1.50. The largest absolute Gasteiger partial charge is 0.490 e. The quantitative estimate of drug-likeness (QED) is 0.259. The van der Waals surface area contributed by atoms with Gasteiger partial charge in [0, 0.05) is 5.56 Å². The van der Waals surface area contributed by atoms with Gasteiger partial charge in [-0.1, -0.05) is 36.9 Å². The van der Waals surface area contributed by atoms with Gasteiger partial charge in [-0.25, -0.2) is 5.43 Å². The van der Waals surface area contributed by atoms with Crippen LogP contribution in [0.15, 0.2) is 60.7 Å². The molecule has 0 fully saturated rings. The van der Waals surface area contributed by atoms with E-state index in [0.717, 1.165) is 0 Å². The average molecular weight is 459 g/mol. The molecular formula is C24H27ClN2O5. The molecule has 8 heteroatoms. The van der Waals surface area contributed by atoms with Crippen molar-refractivity contribution in [3.8, 4) is 23.0 Å². The van der Waals surface area contributed by atoms with E-state index in [0.29, 0.717) is 65.6 Å². The lowest BCUT2D eigenvalue weighted by atomic mass is 10.2. The summed E-state index contributed by atoms with van der Waals surface area (Å²) in [4.78, 5) is 12.5. The van der Waals surface area contributed by atoms with Gasteiger partial charge in [0.25, 0.3) is 5.91 Å². The molecule has 7 nitrogen and oxygen atoms in total. The number of hydrogen-bond acceptors (Lipinski definition) is 6. The van der Waals surface area contributed by atoms with E-state index in [1.807, 2.05) is 13.8 Å². The molecule has 0 saturated carbocycles. The van der Waals surface area contributed by atoms with Crippen LogP contribution in [0.4, 0.5) is 0 Å². The molecule has 2 aromatic carbocycles. The number of amides is 1. The third-order valence-corrected chi connectivity index (χ3v) is 4.20. The molecule has 1 amide bonds. The minimum absolute atomic E-state index is 0.296. The number of ether oxygens (including phenoxy) is 4. The minimum atomic E-state index is -0.403. The Hall–Kier alpha value is -3.45. The van der Waals surface area contributed by atoms with Gasteiger partial charge < -0.3 is 18.9 Å². The molecular weight excluding hydrogens is 432 g/mol. The van der Waals surface area contributed by atoms with Crippen molar-refractivity contribution < 1.29 is 23.7 Å². The standard InChI is InChI=1S/C24H27ClN2O5/c1-5-11-31-20-10-9-18(15-21(20)29-7-3)24(28)27-26-16-17-13-19(25)23(32-12-6-2)22(14-17)30-8-4/h5-6,9-10,13-16H,1-2,7-8,11-12H2,3-4H3,(H,27,28)/b26-16+. The van der Waals surface area contributed by atoms with Crippen molar-refractivity contribution in [1.29, 1.82) is 0 Å². The van der Waals surface area contributed by atoms with Crippen LogP contribution in [0.3, 0.4) is 0 Å². The summed E-state index contributed by atoms with van der Waals surface area (Å²) < 4.78 is 22.3. The lowest BCUT2D eigenvalue weighted by molar-refractivity contribution is 0.0954. The van der Waals surface area contributed by atoms with Crippen molar-refractivity contribution >= 4 is 23.7 Å². The zero-order chi connectivity index (χ0) is 23.3. The molecule has 2 rings (SSSR count). The Morgan fingerprint density at radius 1 is 0.969 bits per heavy atom. The van der Waals surface area contributed by atoms with E-state index in [1.54, 1.807) is 42.5 Å². The monoisotopic (exact) mass is 458 g/mol. The number of carbonyl (C=O) groups excluding carboxylic acids is 1. The van der Waals surface area contributed by atoms with Gasteiger partial charge in [-0.05, 0) is 49.7 Å². The molecule has 0 bridgehead atoms. The minimum Gasteiger partial charge on any atom is -0.490 e. The number of hydrazone groups is 1. The highest BCUT2D eigenvalue weighted by Gasteiger charge is 2.13. The van der Waals surface area contributed by atoms with Gasteiger partial charge in [0.15, 0.2) is 23.0 Å². The van der Waals surface area contributed by atoms with Crippen molar-refractivity contribution in [3.05, 3.63) is 71.8 Å². The molecule has 0 radical (unpaired) electrons. The van der Waals surface area contributed by atoms with Gasteiger partial charge >= 0.3 is 0 Å². The maximum Gasteiger partial charge on any atom is 0.271 e. The van der Waals surface area contributed by atoms with Crippen LogP contribution < -0.4 is 24.4 Å². The number of nitrogens with zero attached hydrogens (tertiary/aromatic N) is 1. The summed E-state index contributed by atoms with van der Waals surface area (Å²) >= 11 is 6.32. The third kappa shape index (κ3) is 7.06. The average Bonchev–Trinajstić information content (AvgIpc) is 2.78. The highest BCUT2D eigenvalue weighted by Crippen LogP contribution is 2.36. The second-order valence-corrected chi connectivity index (χ2v) is 6.66. The van der Waals surface area contributed by atoms with E-state index >= 15 is 0 Å². The van der Waals surface area contributed by atoms with E-state index < -0.39 is 5.91 Å². The number of hydrogen-bond donors (Lipinski definition) is 1. The number of benzene rings is 2. The Kier molecular flexibility index (Phi) is 10.1. The van der Waals surface area contributed by atoms with Crippen molar-refractivity contribution in [2.45, 2.75) is 13.8 Å². The van der Waals surface area contributed by atoms with Crippen LogP contribution in [0.5, 0.6) is 23.0 Å². The zero-order valence-electron chi connectivity index (χ0n) is 18.2. The molecule has 0 atom stereocenters. The molecule has 0 spiro atoms. The van der Waals surface area contributed by atoms with Gasteiger partial charge in [-0.3, -0.25) is 4.79 Å². The Labute approximate surface area is 193 Å². The van der Waals surface area contributed by atoms with Crippen LogP contribution in [0.2, 0.25) is 5.02 Å². The molecule has 2 aromatic rings. The Bertz CT molecular complexity index is 975. The number of rotatable bonds is 13. The van der Waals surface area contributed by atoms with Crippen LogP contribution in [-0.4, -0.2) is 38.5 Å². The van der Waals surface area contributed by atoms with Gasteiger partial charge in [0.05, 0.1) is 24.5 Å². The summed E-state index contributed by atoms with van der Waals surface area (Å²) in [7, 11) is 0. The molecule has 0 saturated heterocycles.